The van der Waals surface area contributed by atoms with Gasteiger partial charge < -0.3 is 4.74 Å². The van der Waals surface area contributed by atoms with E-state index >= 15 is 0 Å². The number of aromatic nitrogens is 4. The van der Waals surface area contributed by atoms with Crippen LogP contribution in [-0.2, 0) is 4.74 Å². The lowest BCUT2D eigenvalue weighted by atomic mass is 10.0. The summed E-state index contributed by atoms with van der Waals surface area (Å²) in [5, 5.41) is 7.23. The van der Waals surface area contributed by atoms with E-state index in [9.17, 15) is 0 Å². The van der Waals surface area contributed by atoms with Gasteiger partial charge in [-0.15, -0.1) is 0 Å². The van der Waals surface area contributed by atoms with Crippen LogP contribution in [0.25, 0.3) is 11.4 Å². The lowest BCUT2D eigenvalue weighted by Gasteiger charge is -2.23. The van der Waals surface area contributed by atoms with E-state index in [0.29, 0.717) is 23.9 Å². The highest BCUT2D eigenvalue weighted by atomic mass is 32.1. The average molecular weight is 292 g/mol. The molecule has 0 aliphatic heterocycles. The van der Waals surface area contributed by atoms with Crippen LogP contribution < -0.4 is 0 Å². The molecule has 0 spiro atoms. The molecule has 1 unspecified atom stereocenters. The first kappa shape index (κ1) is 14.9. The first-order chi connectivity index (χ1) is 9.65. The highest BCUT2D eigenvalue weighted by molar-refractivity contribution is 7.71. The lowest BCUT2D eigenvalue weighted by molar-refractivity contribution is 0.0964. The van der Waals surface area contributed by atoms with Crippen LogP contribution in [0.2, 0.25) is 0 Å². The highest BCUT2D eigenvalue weighted by Gasteiger charge is 2.21. The zero-order valence-corrected chi connectivity index (χ0v) is 12.9. The van der Waals surface area contributed by atoms with E-state index in [2.05, 4.69) is 29.0 Å². The molecule has 6 heteroatoms. The summed E-state index contributed by atoms with van der Waals surface area (Å²) in [6.07, 6.45) is 3.54. The van der Waals surface area contributed by atoms with Crippen molar-refractivity contribution < 1.29 is 4.74 Å². The molecule has 0 aliphatic carbocycles. The molecule has 0 saturated heterocycles. The summed E-state index contributed by atoms with van der Waals surface area (Å²) in [5.74, 6) is 1.20. The van der Waals surface area contributed by atoms with Crippen molar-refractivity contribution >= 4 is 12.2 Å². The summed E-state index contributed by atoms with van der Waals surface area (Å²) in [6, 6.07) is 4.02. The number of rotatable bonds is 6. The molecule has 2 aromatic heterocycles. The molecular formula is C14H20N4OS. The van der Waals surface area contributed by atoms with Gasteiger partial charge in [0.05, 0.1) is 12.6 Å². The summed E-state index contributed by atoms with van der Waals surface area (Å²) in [4.78, 5) is 4.15. The fourth-order valence-corrected chi connectivity index (χ4v) is 2.38. The Kier molecular flexibility index (Phi) is 5.03. The van der Waals surface area contributed by atoms with Gasteiger partial charge in [0.1, 0.15) is 0 Å². The fourth-order valence-electron chi connectivity index (χ4n) is 2.11. The van der Waals surface area contributed by atoms with E-state index < -0.39 is 0 Å². The van der Waals surface area contributed by atoms with Crippen molar-refractivity contribution in [2.45, 2.75) is 26.8 Å². The molecule has 0 fully saturated rings. The monoisotopic (exact) mass is 292 g/mol. The van der Waals surface area contributed by atoms with Gasteiger partial charge in [0.25, 0.3) is 0 Å². The number of nitrogens with zero attached hydrogens (tertiary/aromatic N) is 3. The minimum Gasteiger partial charge on any atom is -0.380 e. The largest absolute Gasteiger partial charge is 0.380 e. The molecule has 2 heterocycles. The Morgan fingerprint density at radius 2 is 2.25 bits per heavy atom. The van der Waals surface area contributed by atoms with Gasteiger partial charge in [-0.2, -0.15) is 5.10 Å². The van der Waals surface area contributed by atoms with Crippen molar-refractivity contribution in [2.24, 2.45) is 5.92 Å². The topological polar surface area (TPSA) is 55.7 Å². The first-order valence-electron chi connectivity index (χ1n) is 6.80. The number of pyridine rings is 1. The van der Waals surface area contributed by atoms with Crippen LogP contribution in [-0.4, -0.2) is 33.0 Å². The maximum Gasteiger partial charge on any atom is 0.195 e. The standard InChI is InChI=1S/C14H20N4OS/c1-4-19-9-12(10(2)3)18-13(16-17-14(18)20)11-6-5-7-15-8-11/h5-8,10,12H,4,9H2,1-3H3,(H,17,20). The average Bonchev–Trinajstić information content (AvgIpc) is 2.82. The molecule has 0 aliphatic rings. The number of H-pyrrole nitrogens is 1. The highest BCUT2D eigenvalue weighted by Crippen LogP contribution is 2.25. The Hall–Kier alpha value is -1.53. The predicted molar refractivity (Wildman–Crippen MR) is 81.0 cm³/mol. The summed E-state index contributed by atoms with van der Waals surface area (Å²) in [6.45, 7) is 7.62. The van der Waals surface area contributed by atoms with Crippen LogP contribution in [0.5, 0.6) is 0 Å². The van der Waals surface area contributed by atoms with Crippen LogP contribution in [0, 0.1) is 10.7 Å². The Bertz CT molecular complexity index is 591. The quantitative estimate of drug-likeness (QED) is 0.830. The molecule has 2 aromatic rings. The fraction of sp³-hybridized carbons (Fsp3) is 0.500. The van der Waals surface area contributed by atoms with E-state index in [1.807, 2.05) is 23.6 Å². The van der Waals surface area contributed by atoms with Crippen LogP contribution in [0.3, 0.4) is 0 Å². The van der Waals surface area contributed by atoms with Crippen molar-refractivity contribution in [1.82, 2.24) is 19.7 Å². The summed E-state index contributed by atoms with van der Waals surface area (Å²) >= 11 is 5.39. The molecule has 0 saturated carbocycles. The smallest absolute Gasteiger partial charge is 0.195 e. The number of ether oxygens (including phenoxy) is 1. The normalized spacial score (nSPS) is 12.8. The van der Waals surface area contributed by atoms with Gasteiger partial charge >= 0.3 is 0 Å². The van der Waals surface area contributed by atoms with Crippen molar-refractivity contribution in [1.29, 1.82) is 0 Å². The van der Waals surface area contributed by atoms with E-state index in [1.165, 1.54) is 0 Å². The molecule has 0 aromatic carbocycles. The molecule has 0 radical (unpaired) electrons. The van der Waals surface area contributed by atoms with Crippen LogP contribution >= 0.6 is 12.2 Å². The van der Waals surface area contributed by atoms with Gasteiger partial charge in [-0.3, -0.25) is 14.6 Å². The number of aromatic amines is 1. The molecule has 20 heavy (non-hydrogen) atoms. The number of nitrogens with one attached hydrogen (secondary N) is 1. The second-order valence-electron chi connectivity index (χ2n) is 4.93. The number of hydrogen-bond donors (Lipinski definition) is 1. The molecular weight excluding hydrogens is 272 g/mol. The SMILES string of the molecule is CCOCC(C(C)C)n1c(-c2cccnc2)n[nH]c1=S. The Labute approximate surface area is 124 Å². The Morgan fingerprint density at radius 1 is 1.45 bits per heavy atom. The Balaban J connectivity index is 2.44. The minimum absolute atomic E-state index is 0.149. The Morgan fingerprint density at radius 3 is 2.85 bits per heavy atom. The molecule has 1 atom stereocenters. The van der Waals surface area contributed by atoms with E-state index in [-0.39, 0.29) is 6.04 Å². The minimum atomic E-state index is 0.149. The van der Waals surface area contributed by atoms with E-state index in [4.69, 9.17) is 17.0 Å². The van der Waals surface area contributed by atoms with Gasteiger partial charge in [-0.05, 0) is 37.2 Å². The van der Waals surface area contributed by atoms with Gasteiger partial charge in [-0.25, -0.2) is 0 Å². The van der Waals surface area contributed by atoms with Gasteiger partial charge in [0, 0.05) is 24.6 Å². The van der Waals surface area contributed by atoms with Crippen molar-refractivity contribution in [3.8, 4) is 11.4 Å². The number of hydrogen-bond acceptors (Lipinski definition) is 4. The molecule has 1 N–H and O–H groups in total. The van der Waals surface area contributed by atoms with E-state index in [1.54, 1.807) is 12.4 Å². The summed E-state index contributed by atoms with van der Waals surface area (Å²) < 4.78 is 8.25. The molecule has 0 bridgehead atoms. The third kappa shape index (κ3) is 3.13. The molecule has 0 amide bonds. The van der Waals surface area contributed by atoms with Gasteiger partial charge in [-0.1, -0.05) is 13.8 Å². The predicted octanol–water partition coefficient (Wildman–Crippen LogP) is 3.24. The molecule has 2 rings (SSSR count). The molecule has 5 nitrogen and oxygen atoms in total. The lowest BCUT2D eigenvalue weighted by Crippen LogP contribution is -2.22. The maximum atomic E-state index is 5.60. The zero-order valence-electron chi connectivity index (χ0n) is 12.0. The van der Waals surface area contributed by atoms with Crippen molar-refractivity contribution in [2.75, 3.05) is 13.2 Å². The van der Waals surface area contributed by atoms with Crippen LogP contribution in [0.4, 0.5) is 0 Å². The zero-order chi connectivity index (χ0) is 14.5. The summed E-state index contributed by atoms with van der Waals surface area (Å²) in [5.41, 5.74) is 0.946. The van der Waals surface area contributed by atoms with Crippen molar-refractivity contribution in [3.63, 3.8) is 0 Å². The molecule has 108 valence electrons. The van der Waals surface area contributed by atoms with Gasteiger partial charge in [0.2, 0.25) is 0 Å². The third-order valence-electron chi connectivity index (χ3n) is 3.22. The second kappa shape index (κ2) is 6.76. The van der Waals surface area contributed by atoms with Crippen molar-refractivity contribution in [3.05, 3.63) is 29.3 Å². The maximum absolute atomic E-state index is 5.60. The van der Waals surface area contributed by atoms with Crippen LogP contribution in [0.1, 0.15) is 26.8 Å². The van der Waals surface area contributed by atoms with Gasteiger partial charge in [0.15, 0.2) is 10.6 Å². The summed E-state index contributed by atoms with van der Waals surface area (Å²) in [7, 11) is 0. The van der Waals surface area contributed by atoms with E-state index in [0.717, 1.165) is 11.4 Å². The first-order valence-corrected chi connectivity index (χ1v) is 7.21. The second-order valence-corrected chi connectivity index (χ2v) is 5.32. The third-order valence-corrected chi connectivity index (χ3v) is 3.51. The van der Waals surface area contributed by atoms with Crippen LogP contribution in [0.15, 0.2) is 24.5 Å².